The van der Waals surface area contributed by atoms with E-state index in [9.17, 15) is 10.5 Å². The van der Waals surface area contributed by atoms with Crippen molar-refractivity contribution < 1.29 is 0 Å². The molecule has 3 rings (SSSR count). The lowest BCUT2D eigenvalue weighted by atomic mass is 9.53. The van der Waals surface area contributed by atoms with E-state index in [4.69, 9.17) is 0 Å². The molecule has 0 radical (unpaired) electrons. The molecular weight excluding hydrogens is 172 g/mol. The highest BCUT2D eigenvalue weighted by Gasteiger charge is 2.51. The quantitative estimate of drug-likeness (QED) is 0.546. The van der Waals surface area contributed by atoms with Crippen molar-refractivity contribution in [3.05, 3.63) is 11.1 Å². The van der Waals surface area contributed by atoms with Gasteiger partial charge in [-0.2, -0.15) is 10.5 Å². The van der Waals surface area contributed by atoms with Crippen molar-refractivity contribution in [3.63, 3.8) is 0 Å². The van der Waals surface area contributed by atoms with Crippen LogP contribution < -0.4 is 0 Å². The Hall–Kier alpha value is -1.28. The van der Waals surface area contributed by atoms with Crippen LogP contribution in [0.1, 0.15) is 39.5 Å². The van der Waals surface area contributed by atoms with Gasteiger partial charge in [0.1, 0.15) is 0 Å². The third-order valence-corrected chi connectivity index (χ3v) is 4.38. The van der Waals surface area contributed by atoms with Crippen molar-refractivity contribution in [3.8, 4) is 12.1 Å². The number of allylic oxidation sites excluding steroid dienone is 2. The molecule has 0 heterocycles. The molecule has 0 aromatic carbocycles. The number of nitrogens with zero attached hydrogens (tertiary/aromatic N) is 2. The number of nitriles is 2. The highest BCUT2D eigenvalue weighted by molar-refractivity contribution is 5.40. The van der Waals surface area contributed by atoms with Gasteiger partial charge in [-0.05, 0) is 39.5 Å². The van der Waals surface area contributed by atoms with Gasteiger partial charge < -0.3 is 0 Å². The van der Waals surface area contributed by atoms with Crippen LogP contribution in [0.25, 0.3) is 0 Å². The van der Waals surface area contributed by atoms with Gasteiger partial charge in [0.2, 0.25) is 0 Å². The molecule has 1 fully saturated rings. The number of rotatable bonds is 0. The Morgan fingerprint density at radius 1 is 0.857 bits per heavy atom. The number of hydrogen-bond donors (Lipinski definition) is 0. The van der Waals surface area contributed by atoms with Crippen LogP contribution in [0.4, 0.5) is 0 Å². The Bertz CT molecular complexity index is 344. The van der Waals surface area contributed by atoms with Crippen molar-refractivity contribution in [2.75, 3.05) is 0 Å². The first-order valence-corrected chi connectivity index (χ1v) is 5.11. The van der Waals surface area contributed by atoms with Crippen molar-refractivity contribution >= 4 is 0 Å². The second kappa shape index (κ2) is 2.61. The van der Waals surface area contributed by atoms with E-state index in [1.165, 1.54) is 11.1 Å². The van der Waals surface area contributed by atoms with Crippen LogP contribution in [0.5, 0.6) is 0 Å². The molecule has 3 aliphatic carbocycles. The van der Waals surface area contributed by atoms with Crippen molar-refractivity contribution in [2.24, 2.45) is 10.8 Å². The predicted octanol–water partition coefficient (Wildman–Crippen LogP) is 2.93. The summed E-state index contributed by atoms with van der Waals surface area (Å²) in [6, 6.07) is 4.92. The van der Waals surface area contributed by atoms with E-state index in [0.717, 1.165) is 25.7 Å². The molecule has 2 nitrogen and oxygen atoms in total. The molecule has 0 aromatic heterocycles. The van der Waals surface area contributed by atoms with Gasteiger partial charge in [0.05, 0.1) is 23.0 Å². The van der Waals surface area contributed by atoms with Gasteiger partial charge in [-0.25, -0.2) is 0 Å². The second-order valence-electron chi connectivity index (χ2n) is 4.64. The maximum absolute atomic E-state index is 9.24. The Labute approximate surface area is 84.8 Å². The summed E-state index contributed by atoms with van der Waals surface area (Å²) in [4.78, 5) is 0. The van der Waals surface area contributed by atoms with Gasteiger partial charge in [-0.1, -0.05) is 11.1 Å². The smallest absolute Gasteiger partial charge is 0.0784 e. The standard InChI is InChI=1S/C12H14N2/c1-9-10(2)12(8-14)5-3-11(9,7-13)4-6-12/h3-6H2,1-2H3. The second-order valence-corrected chi connectivity index (χ2v) is 4.64. The molecule has 0 unspecified atom stereocenters. The van der Waals surface area contributed by atoms with Gasteiger partial charge >= 0.3 is 0 Å². The average molecular weight is 186 g/mol. The fraction of sp³-hybridized carbons (Fsp3) is 0.667. The summed E-state index contributed by atoms with van der Waals surface area (Å²) in [5.41, 5.74) is 1.86. The lowest BCUT2D eigenvalue weighted by molar-refractivity contribution is 0.181. The molecule has 0 aromatic rings. The minimum atomic E-state index is -0.233. The van der Waals surface area contributed by atoms with Gasteiger partial charge in [0.15, 0.2) is 0 Å². The molecule has 2 heteroatoms. The van der Waals surface area contributed by atoms with E-state index in [1.807, 2.05) is 13.8 Å². The summed E-state index contributed by atoms with van der Waals surface area (Å²) in [5, 5.41) is 18.5. The van der Waals surface area contributed by atoms with Crippen LogP contribution in [0.15, 0.2) is 11.1 Å². The molecule has 0 amide bonds. The zero-order valence-electron chi connectivity index (χ0n) is 8.72. The van der Waals surface area contributed by atoms with E-state index in [2.05, 4.69) is 12.1 Å². The van der Waals surface area contributed by atoms with Crippen LogP contribution in [0.3, 0.4) is 0 Å². The minimum absolute atomic E-state index is 0.233. The normalized spacial score (nSPS) is 40.6. The Morgan fingerprint density at radius 3 is 1.36 bits per heavy atom. The van der Waals surface area contributed by atoms with Crippen LogP contribution in [-0.4, -0.2) is 0 Å². The molecule has 0 atom stereocenters. The molecule has 72 valence electrons. The van der Waals surface area contributed by atoms with E-state index in [1.54, 1.807) is 0 Å². The molecule has 3 aliphatic rings. The maximum atomic E-state index is 9.24. The summed E-state index contributed by atoms with van der Waals surface area (Å²) in [7, 11) is 0. The maximum Gasteiger partial charge on any atom is 0.0784 e. The van der Waals surface area contributed by atoms with Crippen LogP contribution in [0, 0.1) is 33.5 Å². The topological polar surface area (TPSA) is 47.6 Å². The van der Waals surface area contributed by atoms with Gasteiger partial charge in [0, 0.05) is 0 Å². The molecule has 0 aliphatic heterocycles. The van der Waals surface area contributed by atoms with E-state index < -0.39 is 0 Å². The number of fused-ring (bicyclic) bond motifs is 2. The monoisotopic (exact) mass is 186 g/mol. The fourth-order valence-electron chi connectivity index (χ4n) is 2.96. The Kier molecular flexibility index (Phi) is 1.73. The predicted molar refractivity (Wildman–Crippen MR) is 52.9 cm³/mol. The molecular formula is C12H14N2. The summed E-state index contributed by atoms with van der Waals surface area (Å²) < 4.78 is 0. The Morgan fingerprint density at radius 2 is 1.14 bits per heavy atom. The summed E-state index contributed by atoms with van der Waals surface area (Å²) in [6.07, 6.45) is 3.50. The third kappa shape index (κ3) is 0.840. The SMILES string of the molecule is CC1=C(C)C2(C#N)CCC1(C#N)CC2. The Balaban J connectivity index is 2.60. The summed E-state index contributed by atoms with van der Waals surface area (Å²) in [5.74, 6) is 0. The molecule has 0 saturated heterocycles. The highest BCUT2D eigenvalue weighted by Crippen LogP contribution is 2.58. The first-order valence-electron chi connectivity index (χ1n) is 5.11. The van der Waals surface area contributed by atoms with E-state index in [-0.39, 0.29) is 10.8 Å². The van der Waals surface area contributed by atoms with Gasteiger partial charge in [-0.3, -0.25) is 0 Å². The highest BCUT2D eigenvalue weighted by atomic mass is 14.6. The van der Waals surface area contributed by atoms with E-state index in [0.29, 0.717) is 0 Å². The summed E-state index contributed by atoms with van der Waals surface area (Å²) in [6.45, 7) is 4.06. The van der Waals surface area contributed by atoms with Crippen molar-refractivity contribution in [2.45, 2.75) is 39.5 Å². The van der Waals surface area contributed by atoms with E-state index >= 15 is 0 Å². The third-order valence-electron chi connectivity index (χ3n) is 4.38. The van der Waals surface area contributed by atoms with Gasteiger partial charge in [0.25, 0.3) is 0 Å². The zero-order valence-corrected chi connectivity index (χ0v) is 8.72. The lowest BCUT2D eigenvalue weighted by Crippen LogP contribution is -2.41. The lowest BCUT2D eigenvalue weighted by Gasteiger charge is -2.48. The molecule has 2 bridgehead atoms. The molecule has 0 spiro atoms. The van der Waals surface area contributed by atoms with Crippen molar-refractivity contribution in [1.29, 1.82) is 10.5 Å². The average Bonchev–Trinajstić information content (AvgIpc) is 2.26. The molecule has 0 N–H and O–H groups in total. The van der Waals surface area contributed by atoms with Crippen LogP contribution >= 0.6 is 0 Å². The first-order chi connectivity index (χ1) is 6.60. The number of hydrogen-bond acceptors (Lipinski definition) is 2. The van der Waals surface area contributed by atoms with Crippen molar-refractivity contribution in [1.82, 2.24) is 0 Å². The largest absolute Gasteiger partial charge is 0.197 e. The fourth-order valence-corrected chi connectivity index (χ4v) is 2.96. The first kappa shape index (κ1) is 9.28. The molecule has 14 heavy (non-hydrogen) atoms. The van der Waals surface area contributed by atoms with Crippen LogP contribution in [-0.2, 0) is 0 Å². The van der Waals surface area contributed by atoms with Crippen LogP contribution in [0.2, 0.25) is 0 Å². The van der Waals surface area contributed by atoms with Gasteiger partial charge in [-0.15, -0.1) is 0 Å². The summed E-state index contributed by atoms with van der Waals surface area (Å²) >= 11 is 0. The minimum Gasteiger partial charge on any atom is -0.197 e. The zero-order chi connectivity index (χ0) is 10.4. The molecule has 1 saturated carbocycles.